The molecule has 2 atom stereocenters. The second-order valence-corrected chi connectivity index (χ2v) is 16.9. The molecule has 11 heteroatoms. The zero-order valence-corrected chi connectivity index (χ0v) is 31.7. The van der Waals surface area contributed by atoms with Gasteiger partial charge in [0.1, 0.15) is 30.2 Å². The Morgan fingerprint density at radius 3 is 2.67 bits per heavy atom. The summed E-state index contributed by atoms with van der Waals surface area (Å²) in [6.45, 7) is 9.04. The van der Waals surface area contributed by atoms with Gasteiger partial charge in [0.2, 0.25) is 5.91 Å². The molecule has 1 spiro atoms. The Labute approximate surface area is 322 Å². The van der Waals surface area contributed by atoms with E-state index in [4.69, 9.17) is 25.9 Å². The Balaban J connectivity index is 1.11. The first-order valence-electron chi connectivity index (χ1n) is 19.8. The summed E-state index contributed by atoms with van der Waals surface area (Å²) in [5, 5.41) is 18.6. The topological polar surface area (TPSA) is 109 Å². The molecule has 9 nitrogen and oxygen atoms in total. The molecule has 290 valence electrons. The predicted octanol–water partition coefficient (Wildman–Crippen LogP) is 7.36. The number of carbonyl (C=O) groups excluding carboxylic acids is 1. The maximum absolute atomic E-state index is 15.2. The minimum Gasteiger partial charge on any atom is -0.508 e. The van der Waals surface area contributed by atoms with E-state index in [-0.39, 0.29) is 35.3 Å². The first kappa shape index (κ1) is 37.4. The number of benzene rings is 2. The number of ether oxygens (including phenoxy) is 2. The van der Waals surface area contributed by atoms with Gasteiger partial charge in [-0.25, -0.2) is 8.78 Å². The SMILES string of the molecule is C#Cc1c(F)ccc2cc(O)cc(C3=Cc4nc(OC[C@]5(C)C[C@@H](F)CN5C5CC6(CCOCC6)C5)nc(NCC5(CNC(=O)C=C)CCCC5)c4CC3)c12. The molecule has 5 aliphatic rings. The summed E-state index contributed by atoms with van der Waals surface area (Å²) in [5.41, 5.74) is 2.85. The number of halogens is 2. The number of aromatic hydroxyl groups is 1. The molecule has 3 aromatic rings. The standard InChI is InChI=1S/C44H51F2N5O4/c1-4-33-36(46)11-9-29-18-32(52)20-35(39(29)33)28-8-10-34-37(19-28)49-41(50-40(34)48-26-44(12-6-7-13-44)25-47-38(53)5-2)55-27-42(3)21-30(45)24-51(42)31-22-43(23-31)14-16-54-17-15-43/h1,5,9,11,18-20,30-31,52H,2,6-8,10,12-17,21-27H2,3H3,(H,47,53)(H,48,49,50)/t30-,42+/m1/s1. The Hall–Kier alpha value is -4.53. The molecule has 2 saturated carbocycles. The number of nitrogens with zero attached hydrogens (tertiary/aromatic N) is 3. The number of terminal acetylenes is 1. The smallest absolute Gasteiger partial charge is 0.318 e. The fourth-order valence-electron chi connectivity index (χ4n) is 10.2. The summed E-state index contributed by atoms with van der Waals surface area (Å²) in [5.74, 6) is 2.54. The summed E-state index contributed by atoms with van der Waals surface area (Å²) in [7, 11) is 0. The van der Waals surface area contributed by atoms with Gasteiger partial charge in [-0.05, 0) is 111 Å². The molecule has 2 saturated heterocycles. The normalized spacial score (nSPS) is 24.5. The molecule has 2 aromatic carbocycles. The lowest BCUT2D eigenvalue weighted by molar-refractivity contribution is -0.116. The van der Waals surface area contributed by atoms with Crippen molar-refractivity contribution in [2.75, 3.05) is 44.8 Å². The fourth-order valence-corrected chi connectivity index (χ4v) is 10.2. The molecular weight excluding hydrogens is 701 g/mol. The molecular formula is C44H51F2N5O4. The lowest BCUT2D eigenvalue weighted by Crippen LogP contribution is -2.59. The summed E-state index contributed by atoms with van der Waals surface area (Å²) < 4.78 is 42.4. The van der Waals surface area contributed by atoms with Crippen LogP contribution in [0.5, 0.6) is 11.8 Å². The van der Waals surface area contributed by atoms with Crippen LogP contribution in [0.2, 0.25) is 0 Å². The van der Waals surface area contributed by atoms with Crippen LogP contribution in [0.1, 0.15) is 93.5 Å². The van der Waals surface area contributed by atoms with Crippen LogP contribution in [0.4, 0.5) is 14.6 Å². The summed E-state index contributed by atoms with van der Waals surface area (Å²) in [4.78, 5) is 24.4. The summed E-state index contributed by atoms with van der Waals surface area (Å²) in [6.07, 6.45) is 18.0. The molecule has 1 amide bonds. The Morgan fingerprint density at radius 2 is 1.93 bits per heavy atom. The van der Waals surface area contributed by atoms with Gasteiger partial charge in [-0.3, -0.25) is 9.69 Å². The van der Waals surface area contributed by atoms with Gasteiger partial charge < -0.3 is 25.2 Å². The van der Waals surface area contributed by atoms with Gasteiger partial charge >= 0.3 is 6.01 Å². The zero-order valence-electron chi connectivity index (χ0n) is 31.7. The molecule has 0 radical (unpaired) electrons. The molecule has 8 rings (SSSR count). The lowest BCUT2D eigenvalue weighted by Gasteiger charge is -2.55. The highest BCUT2D eigenvalue weighted by molar-refractivity contribution is 6.02. The number of nitrogens with one attached hydrogen (secondary N) is 2. The number of allylic oxidation sites excluding steroid dienone is 1. The van der Waals surface area contributed by atoms with E-state index in [1.807, 2.05) is 6.08 Å². The summed E-state index contributed by atoms with van der Waals surface area (Å²) in [6, 6.07) is 6.66. The van der Waals surface area contributed by atoms with Crippen LogP contribution in [0, 0.1) is 29.0 Å². The number of aromatic nitrogens is 2. The zero-order chi connectivity index (χ0) is 38.4. The van der Waals surface area contributed by atoms with Gasteiger partial charge in [0, 0.05) is 61.7 Å². The van der Waals surface area contributed by atoms with Crippen LogP contribution in [0.15, 0.2) is 36.9 Å². The van der Waals surface area contributed by atoms with Crippen molar-refractivity contribution in [2.45, 2.75) is 95.3 Å². The van der Waals surface area contributed by atoms with E-state index in [0.717, 1.165) is 75.7 Å². The van der Waals surface area contributed by atoms with Crippen LogP contribution in [0.25, 0.3) is 22.4 Å². The van der Waals surface area contributed by atoms with Gasteiger partial charge in [0.25, 0.3) is 0 Å². The minimum absolute atomic E-state index is 0.0537. The van der Waals surface area contributed by atoms with E-state index in [1.54, 1.807) is 18.2 Å². The third kappa shape index (κ3) is 7.31. The van der Waals surface area contributed by atoms with Crippen molar-refractivity contribution in [3.8, 4) is 24.1 Å². The number of amides is 1. The predicted molar refractivity (Wildman–Crippen MR) is 210 cm³/mol. The van der Waals surface area contributed by atoms with Crippen LogP contribution in [-0.2, 0) is 16.0 Å². The third-order valence-corrected chi connectivity index (χ3v) is 13.2. The highest BCUT2D eigenvalue weighted by atomic mass is 19.1. The quantitative estimate of drug-likeness (QED) is 0.138. The first-order chi connectivity index (χ1) is 26.5. The molecule has 3 N–H and O–H groups in total. The highest BCUT2D eigenvalue weighted by Gasteiger charge is 2.54. The van der Waals surface area contributed by atoms with Crippen molar-refractivity contribution in [1.82, 2.24) is 20.2 Å². The van der Waals surface area contributed by atoms with Crippen molar-refractivity contribution in [3.63, 3.8) is 0 Å². The number of alkyl halides is 1. The molecule has 0 unspecified atom stereocenters. The number of rotatable bonds is 11. The molecule has 3 heterocycles. The van der Waals surface area contributed by atoms with Crippen LogP contribution < -0.4 is 15.4 Å². The average molecular weight is 752 g/mol. The number of phenolic OH excluding ortho intramolecular Hbond substituents is 1. The Bertz CT molecular complexity index is 2060. The number of likely N-dealkylation sites (tertiary alicyclic amines) is 1. The third-order valence-electron chi connectivity index (χ3n) is 13.2. The maximum atomic E-state index is 15.2. The first-order valence-corrected chi connectivity index (χ1v) is 19.8. The number of phenols is 1. The van der Waals surface area contributed by atoms with Gasteiger partial charge in [-0.1, -0.05) is 31.4 Å². The van der Waals surface area contributed by atoms with E-state index in [1.165, 1.54) is 12.1 Å². The van der Waals surface area contributed by atoms with Gasteiger partial charge in [0.05, 0.1) is 16.8 Å². The van der Waals surface area contributed by atoms with E-state index in [0.29, 0.717) is 78.2 Å². The molecule has 4 fully saturated rings. The Kier molecular flexibility index (Phi) is 10.1. The van der Waals surface area contributed by atoms with Crippen LogP contribution in [-0.4, -0.2) is 83.1 Å². The highest BCUT2D eigenvalue weighted by Crippen LogP contribution is 2.53. The van der Waals surface area contributed by atoms with Crippen molar-refractivity contribution >= 4 is 34.1 Å². The van der Waals surface area contributed by atoms with E-state index in [9.17, 15) is 9.90 Å². The molecule has 3 aliphatic carbocycles. The largest absolute Gasteiger partial charge is 0.508 e. The number of fused-ring (bicyclic) bond motifs is 2. The average Bonchev–Trinajstić information content (AvgIpc) is 3.77. The minimum atomic E-state index is -0.939. The summed E-state index contributed by atoms with van der Waals surface area (Å²) >= 11 is 0. The molecule has 2 aliphatic heterocycles. The van der Waals surface area contributed by atoms with Crippen molar-refractivity contribution in [3.05, 3.63) is 65.1 Å². The Morgan fingerprint density at radius 1 is 1.15 bits per heavy atom. The monoisotopic (exact) mass is 751 g/mol. The maximum Gasteiger partial charge on any atom is 0.318 e. The number of carbonyl (C=O) groups is 1. The lowest BCUT2D eigenvalue weighted by atomic mass is 9.60. The number of anilines is 1. The van der Waals surface area contributed by atoms with Crippen LogP contribution >= 0.6 is 0 Å². The molecule has 55 heavy (non-hydrogen) atoms. The van der Waals surface area contributed by atoms with Gasteiger partial charge in [-0.2, -0.15) is 9.97 Å². The van der Waals surface area contributed by atoms with E-state index < -0.39 is 17.5 Å². The number of hydrogen-bond acceptors (Lipinski definition) is 8. The fraction of sp³-hybridized carbons (Fsp3) is 0.523. The van der Waals surface area contributed by atoms with Crippen molar-refractivity contribution < 1.29 is 28.2 Å². The second kappa shape index (κ2) is 14.8. The van der Waals surface area contributed by atoms with Crippen LogP contribution in [0.3, 0.4) is 0 Å². The number of hydrogen-bond donors (Lipinski definition) is 3. The van der Waals surface area contributed by atoms with Gasteiger partial charge in [-0.15, -0.1) is 6.42 Å². The van der Waals surface area contributed by atoms with Crippen molar-refractivity contribution in [1.29, 1.82) is 0 Å². The molecule has 0 bridgehead atoms. The second-order valence-electron chi connectivity index (χ2n) is 16.9. The molecule has 1 aromatic heterocycles. The van der Waals surface area contributed by atoms with E-state index >= 15 is 8.78 Å². The van der Waals surface area contributed by atoms with Crippen molar-refractivity contribution in [2.24, 2.45) is 10.8 Å². The van der Waals surface area contributed by atoms with Gasteiger partial charge in [0.15, 0.2) is 0 Å². The van der Waals surface area contributed by atoms with E-state index in [2.05, 4.69) is 35.0 Å².